The van der Waals surface area contributed by atoms with Gasteiger partial charge < -0.3 is 0 Å². The molecule has 0 saturated carbocycles. The van der Waals surface area contributed by atoms with Crippen LogP contribution in [-0.4, -0.2) is 15.6 Å². The number of benzene rings is 2. The molecule has 4 nitrogen and oxygen atoms in total. The van der Waals surface area contributed by atoms with E-state index in [1.807, 2.05) is 53.2 Å². The van der Waals surface area contributed by atoms with Crippen molar-refractivity contribution in [3.63, 3.8) is 0 Å². The van der Waals surface area contributed by atoms with Gasteiger partial charge in [-0.2, -0.15) is 10.4 Å². The number of aryl methyl sites for hydroxylation is 1. The summed E-state index contributed by atoms with van der Waals surface area (Å²) in [6.45, 7) is 0. The second-order valence-corrected chi connectivity index (χ2v) is 5.84. The Kier molecular flexibility index (Phi) is 3.47. The summed E-state index contributed by atoms with van der Waals surface area (Å²) < 4.78 is 1.85. The molecule has 4 heteroatoms. The first-order valence-corrected chi connectivity index (χ1v) is 7.95. The van der Waals surface area contributed by atoms with Gasteiger partial charge in [-0.25, -0.2) is 4.68 Å². The molecule has 0 atom stereocenters. The van der Waals surface area contributed by atoms with Gasteiger partial charge in [-0.1, -0.05) is 42.5 Å². The molecule has 1 aromatic heterocycles. The third-order valence-corrected chi connectivity index (χ3v) is 4.40. The van der Waals surface area contributed by atoms with Gasteiger partial charge in [0, 0.05) is 11.1 Å². The van der Waals surface area contributed by atoms with Gasteiger partial charge in [-0.05, 0) is 30.5 Å². The third-order valence-electron chi connectivity index (χ3n) is 4.40. The highest BCUT2D eigenvalue weighted by atomic mass is 16.1. The standard InChI is InChI=1S/C20H15N3O/c21-13-12-18(24)19-17-11-10-14-6-4-5-9-16(14)20(17)23(22-19)15-7-2-1-3-8-15/h1-9H,10-12H2. The highest BCUT2D eigenvalue weighted by Crippen LogP contribution is 2.37. The summed E-state index contributed by atoms with van der Waals surface area (Å²) >= 11 is 0. The molecule has 0 N–H and O–H groups in total. The van der Waals surface area contributed by atoms with Gasteiger partial charge in [0.1, 0.15) is 12.1 Å². The summed E-state index contributed by atoms with van der Waals surface area (Å²) in [5, 5.41) is 13.5. The molecule has 1 heterocycles. The van der Waals surface area contributed by atoms with E-state index in [-0.39, 0.29) is 12.2 Å². The first kappa shape index (κ1) is 14.4. The van der Waals surface area contributed by atoms with Crippen LogP contribution in [0.4, 0.5) is 0 Å². The summed E-state index contributed by atoms with van der Waals surface area (Å²) in [4.78, 5) is 12.4. The number of Topliss-reactive ketones (excluding diaryl/α,β-unsaturated/α-hetero) is 1. The van der Waals surface area contributed by atoms with E-state index in [1.54, 1.807) is 0 Å². The summed E-state index contributed by atoms with van der Waals surface area (Å²) in [5.41, 5.74) is 5.67. The molecule has 3 aromatic rings. The molecule has 0 saturated heterocycles. The fraction of sp³-hybridized carbons (Fsp3) is 0.150. The van der Waals surface area contributed by atoms with Gasteiger partial charge in [0.15, 0.2) is 5.78 Å². The van der Waals surface area contributed by atoms with Crippen molar-refractivity contribution in [3.8, 4) is 23.0 Å². The van der Waals surface area contributed by atoms with Crippen LogP contribution in [0.25, 0.3) is 16.9 Å². The predicted molar refractivity (Wildman–Crippen MR) is 91.0 cm³/mol. The van der Waals surface area contributed by atoms with Crippen molar-refractivity contribution < 1.29 is 4.79 Å². The van der Waals surface area contributed by atoms with E-state index >= 15 is 0 Å². The van der Waals surface area contributed by atoms with Crippen molar-refractivity contribution in [2.45, 2.75) is 19.3 Å². The minimum absolute atomic E-state index is 0.139. The number of para-hydroxylation sites is 1. The Morgan fingerprint density at radius 1 is 1.08 bits per heavy atom. The van der Waals surface area contributed by atoms with Crippen LogP contribution < -0.4 is 0 Å². The van der Waals surface area contributed by atoms with Crippen LogP contribution >= 0.6 is 0 Å². The lowest BCUT2D eigenvalue weighted by Gasteiger charge is -2.18. The first-order chi connectivity index (χ1) is 11.8. The number of rotatable bonds is 3. The summed E-state index contributed by atoms with van der Waals surface area (Å²) in [6.07, 6.45) is 1.52. The summed E-state index contributed by atoms with van der Waals surface area (Å²) in [6, 6.07) is 20.0. The maximum absolute atomic E-state index is 12.4. The number of carbonyl (C=O) groups excluding carboxylic acids is 1. The molecular formula is C20H15N3O. The minimum Gasteiger partial charge on any atom is -0.291 e. The molecule has 0 amide bonds. The highest BCUT2D eigenvalue weighted by molar-refractivity contribution is 5.99. The van der Waals surface area contributed by atoms with E-state index in [4.69, 9.17) is 5.26 Å². The first-order valence-electron chi connectivity index (χ1n) is 7.95. The largest absolute Gasteiger partial charge is 0.291 e. The number of fused-ring (bicyclic) bond motifs is 3. The Morgan fingerprint density at radius 2 is 1.83 bits per heavy atom. The van der Waals surface area contributed by atoms with Crippen LogP contribution in [0.2, 0.25) is 0 Å². The number of aromatic nitrogens is 2. The fourth-order valence-corrected chi connectivity index (χ4v) is 3.33. The Hall–Kier alpha value is -3.19. The summed E-state index contributed by atoms with van der Waals surface area (Å²) in [7, 11) is 0. The van der Waals surface area contributed by atoms with Crippen molar-refractivity contribution in [3.05, 3.63) is 71.4 Å². The molecule has 24 heavy (non-hydrogen) atoms. The fourth-order valence-electron chi connectivity index (χ4n) is 3.33. The quantitative estimate of drug-likeness (QED) is 0.692. The molecule has 2 aromatic carbocycles. The van der Waals surface area contributed by atoms with Gasteiger partial charge >= 0.3 is 0 Å². The van der Waals surface area contributed by atoms with Gasteiger partial charge in [0.2, 0.25) is 0 Å². The van der Waals surface area contributed by atoms with Crippen molar-refractivity contribution >= 4 is 5.78 Å². The molecule has 0 radical (unpaired) electrons. The lowest BCUT2D eigenvalue weighted by molar-refractivity contribution is 0.0991. The molecule has 0 fully saturated rings. The van der Waals surface area contributed by atoms with Crippen molar-refractivity contribution in [2.75, 3.05) is 0 Å². The minimum atomic E-state index is -0.206. The zero-order chi connectivity index (χ0) is 16.5. The Balaban J connectivity index is 1.99. The maximum atomic E-state index is 12.4. The monoisotopic (exact) mass is 313 g/mol. The molecule has 4 rings (SSSR count). The van der Waals surface area contributed by atoms with Crippen LogP contribution in [0.1, 0.15) is 28.0 Å². The van der Waals surface area contributed by atoms with E-state index in [2.05, 4.69) is 17.2 Å². The maximum Gasteiger partial charge on any atom is 0.197 e. The molecule has 116 valence electrons. The van der Waals surface area contributed by atoms with E-state index in [1.165, 1.54) is 5.56 Å². The number of nitriles is 1. The van der Waals surface area contributed by atoms with Crippen LogP contribution in [-0.2, 0) is 12.8 Å². The Labute approximate surface area is 140 Å². The normalized spacial score (nSPS) is 12.1. The van der Waals surface area contributed by atoms with E-state index < -0.39 is 0 Å². The lowest BCUT2D eigenvalue weighted by Crippen LogP contribution is -2.08. The molecule has 1 aliphatic carbocycles. The number of hydrogen-bond acceptors (Lipinski definition) is 3. The molecule has 0 unspecified atom stereocenters. The van der Waals surface area contributed by atoms with Gasteiger partial charge in [-0.15, -0.1) is 0 Å². The van der Waals surface area contributed by atoms with Gasteiger partial charge in [-0.3, -0.25) is 4.79 Å². The van der Waals surface area contributed by atoms with Crippen LogP contribution in [0.15, 0.2) is 54.6 Å². The molecule has 1 aliphatic rings. The van der Waals surface area contributed by atoms with Crippen molar-refractivity contribution in [1.82, 2.24) is 9.78 Å². The Morgan fingerprint density at radius 3 is 2.62 bits per heavy atom. The van der Waals surface area contributed by atoms with E-state index in [9.17, 15) is 4.79 Å². The molecule has 0 aliphatic heterocycles. The zero-order valence-corrected chi connectivity index (χ0v) is 13.1. The van der Waals surface area contributed by atoms with E-state index in [0.29, 0.717) is 5.69 Å². The number of nitrogens with zero attached hydrogens (tertiary/aromatic N) is 3. The number of hydrogen-bond donors (Lipinski definition) is 0. The predicted octanol–water partition coefficient (Wildman–Crippen LogP) is 3.73. The SMILES string of the molecule is N#CCC(=O)c1nn(-c2ccccc2)c2c1CCc1ccccc1-2. The second-order valence-electron chi connectivity index (χ2n) is 5.84. The average molecular weight is 313 g/mol. The lowest BCUT2D eigenvalue weighted by atomic mass is 9.88. The van der Waals surface area contributed by atoms with Crippen LogP contribution in [0.3, 0.4) is 0 Å². The molecule has 0 spiro atoms. The number of carbonyl (C=O) groups is 1. The zero-order valence-electron chi connectivity index (χ0n) is 13.1. The highest BCUT2D eigenvalue weighted by Gasteiger charge is 2.28. The average Bonchev–Trinajstić information content (AvgIpc) is 3.03. The van der Waals surface area contributed by atoms with Crippen LogP contribution in [0.5, 0.6) is 0 Å². The topological polar surface area (TPSA) is 58.7 Å². The van der Waals surface area contributed by atoms with Crippen molar-refractivity contribution in [2.24, 2.45) is 0 Å². The second kappa shape index (κ2) is 5.78. The van der Waals surface area contributed by atoms with E-state index in [0.717, 1.165) is 35.3 Å². The molecular weight excluding hydrogens is 298 g/mol. The van der Waals surface area contributed by atoms with Crippen molar-refractivity contribution in [1.29, 1.82) is 5.26 Å². The Bertz CT molecular complexity index is 964. The smallest absolute Gasteiger partial charge is 0.197 e. The number of ketones is 1. The van der Waals surface area contributed by atoms with Gasteiger partial charge in [0.25, 0.3) is 0 Å². The van der Waals surface area contributed by atoms with Gasteiger partial charge in [0.05, 0.1) is 17.5 Å². The third kappa shape index (κ3) is 2.22. The molecule has 0 bridgehead atoms. The summed E-state index contributed by atoms with van der Waals surface area (Å²) in [5.74, 6) is -0.206. The van der Waals surface area contributed by atoms with Crippen LogP contribution in [0, 0.1) is 11.3 Å².